The van der Waals surface area contributed by atoms with E-state index in [-0.39, 0.29) is 16.2 Å². The lowest BCUT2D eigenvalue weighted by atomic mass is 10.1. The Hall–Kier alpha value is -2.98. The van der Waals surface area contributed by atoms with Gasteiger partial charge in [-0.25, -0.2) is 8.42 Å². The number of carbonyl (C=O) groups excluding carboxylic acids is 1. The Morgan fingerprint density at radius 2 is 1.63 bits per heavy atom. The van der Waals surface area contributed by atoms with Crippen molar-refractivity contribution in [2.75, 3.05) is 28.2 Å². The van der Waals surface area contributed by atoms with E-state index in [1.807, 2.05) is 54.4 Å². The number of rotatable bonds is 6. The zero-order valence-corrected chi connectivity index (χ0v) is 16.2. The molecule has 0 radical (unpaired) electrons. The Morgan fingerprint density at radius 3 is 2.33 bits per heavy atom. The van der Waals surface area contributed by atoms with Gasteiger partial charge in [0.15, 0.2) is 0 Å². The van der Waals surface area contributed by atoms with Crippen LogP contribution in [-0.4, -0.2) is 37.8 Å². The second-order valence-electron chi connectivity index (χ2n) is 5.65. The largest absolute Gasteiger partial charge is 0.344 e. The predicted molar refractivity (Wildman–Crippen MR) is 107 cm³/mol. The summed E-state index contributed by atoms with van der Waals surface area (Å²) in [6.45, 7) is 0. The van der Waals surface area contributed by atoms with Gasteiger partial charge in [0.2, 0.25) is 20.3 Å². The van der Waals surface area contributed by atoms with Crippen LogP contribution in [0.3, 0.4) is 0 Å². The second-order valence-corrected chi connectivity index (χ2v) is 8.38. The van der Waals surface area contributed by atoms with E-state index in [0.29, 0.717) is 5.56 Å². The molecule has 0 aliphatic carbocycles. The lowest BCUT2D eigenvalue weighted by Gasteiger charge is -2.22. The zero-order valence-electron chi connectivity index (χ0n) is 14.6. The summed E-state index contributed by atoms with van der Waals surface area (Å²) < 4.78 is 24.7. The van der Waals surface area contributed by atoms with Crippen LogP contribution in [-0.2, 0) is 10.0 Å². The maximum atomic E-state index is 12.7. The number of nitrogens with zero attached hydrogens (tertiary/aromatic N) is 3. The summed E-state index contributed by atoms with van der Waals surface area (Å²) in [5, 5.41) is 10.4. The van der Waals surface area contributed by atoms with Gasteiger partial charge >= 0.3 is 0 Å². The lowest BCUT2D eigenvalue weighted by Crippen LogP contribution is -2.18. The Balaban J connectivity index is 1.82. The van der Waals surface area contributed by atoms with E-state index in [1.165, 1.54) is 0 Å². The molecule has 0 saturated carbocycles. The molecule has 3 aromatic rings. The third-order valence-electron chi connectivity index (χ3n) is 3.57. The molecule has 0 aliphatic rings. The predicted octanol–water partition coefficient (Wildman–Crippen LogP) is 2.93. The van der Waals surface area contributed by atoms with Gasteiger partial charge in [0.1, 0.15) is 0 Å². The standard InChI is InChI=1S/C17H17N5O3S2/c1-22(12-8-4-3-5-9-12)14-11-7-6-10-13(14)15(23)18-16-19-20-17(26-16)21-27(2,24)25/h3-11H,1-2H3,(H,20,21)(H,18,19,23). The highest BCUT2D eigenvalue weighted by Gasteiger charge is 2.17. The summed E-state index contributed by atoms with van der Waals surface area (Å²) in [6, 6.07) is 16.8. The highest BCUT2D eigenvalue weighted by molar-refractivity contribution is 7.92. The second kappa shape index (κ2) is 7.72. The average molecular weight is 403 g/mol. The third-order valence-corrected chi connectivity index (χ3v) is 5.02. The van der Waals surface area contributed by atoms with E-state index in [1.54, 1.807) is 12.1 Å². The van der Waals surface area contributed by atoms with E-state index in [0.717, 1.165) is 29.0 Å². The van der Waals surface area contributed by atoms with Crippen LogP contribution < -0.4 is 14.9 Å². The Bertz CT molecular complexity index is 1050. The molecule has 2 aromatic carbocycles. The first-order valence-electron chi connectivity index (χ1n) is 7.84. The number of hydrogen-bond acceptors (Lipinski definition) is 7. The van der Waals surface area contributed by atoms with E-state index in [4.69, 9.17) is 0 Å². The average Bonchev–Trinajstić information content (AvgIpc) is 3.06. The molecule has 3 rings (SSSR count). The fraction of sp³-hybridized carbons (Fsp3) is 0.118. The molecule has 140 valence electrons. The van der Waals surface area contributed by atoms with Gasteiger partial charge in [0.05, 0.1) is 17.5 Å². The number of benzene rings is 2. The van der Waals surface area contributed by atoms with Crippen LogP contribution in [0, 0.1) is 0 Å². The molecule has 27 heavy (non-hydrogen) atoms. The molecule has 0 aliphatic heterocycles. The molecule has 1 heterocycles. The van der Waals surface area contributed by atoms with Crippen molar-refractivity contribution >= 4 is 48.9 Å². The van der Waals surface area contributed by atoms with Crippen LogP contribution in [0.25, 0.3) is 0 Å². The minimum absolute atomic E-state index is 0.0856. The molecule has 0 atom stereocenters. The van der Waals surface area contributed by atoms with Crippen molar-refractivity contribution in [3.63, 3.8) is 0 Å². The Kier molecular flexibility index (Phi) is 5.38. The number of nitrogens with one attached hydrogen (secondary N) is 2. The first kappa shape index (κ1) is 18.8. The molecular formula is C17H17N5O3S2. The number of anilines is 4. The van der Waals surface area contributed by atoms with Crippen LogP contribution in [0.1, 0.15) is 10.4 Å². The summed E-state index contributed by atoms with van der Waals surface area (Å²) in [7, 11) is -1.58. The minimum Gasteiger partial charge on any atom is -0.344 e. The molecule has 0 fully saturated rings. The molecule has 2 N–H and O–H groups in total. The number of sulfonamides is 1. The molecule has 8 nitrogen and oxygen atoms in total. The van der Waals surface area contributed by atoms with Gasteiger partial charge in [-0.1, -0.05) is 41.7 Å². The third kappa shape index (κ3) is 4.80. The van der Waals surface area contributed by atoms with Gasteiger partial charge in [-0.05, 0) is 24.3 Å². The molecule has 1 aromatic heterocycles. The fourth-order valence-corrected chi connectivity index (χ4v) is 3.86. The molecule has 10 heteroatoms. The number of hydrogen-bond donors (Lipinski definition) is 2. The van der Waals surface area contributed by atoms with Gasteiger partial charge in [0.25, 0.3) is 5.91 Å². The quantitative estimate of drug-likeness (QED) is 0.656. The van der Waals surface area contributed by atoms with Crippen LogP contribution in [0.5, 0.6) is 0 Å². The van der Waals surface area contributed by atoms with Crippen molar-refractivity contribution in [2.24, 2.45) is 0 Å². The van der Waals surface area contributed by atoms with Crippen molar-refractivity contribution in [2.45, 2.75) is 0 Å². The topological polar surface area (TPSA) is 104 Å². The first-order valence-corrected chi connectivity index (χ1v) is 10.5. The molecule has 0 saturated heterocycles. The van der Waals surface area contributed by atoms with Gasteiger partial charge in [-0.2, -0.15) is 0 Å². The molecular weight excluding hydrogens is 386 g/mol. The first-order chi connectivity index (χ1) is 12.8. The van der Waals surface area contributed by atoms with Crippen LogP contribution in [0.4, 0.5) is 21.6 Å². The van der Waals surface area contributed by atoms with Gasteiger partial charge in [-0.3, -0.25) is 14.8 Å². The zero-order chi connectivity index (χ0) is 19.4. The summed E-state index contributed by atoms with van der Waals surface area (Å²) in [4.78, 5) is 14.6. The number of amides is 1. The summed E-state index contributed by atoms with van der Waals surface area (Å²) in [5.74, 6) is -0.365. The number of para-hydroxylation sites is 2. The number of carbonyl (C=O) groups is 1. The van der Waals surface area contributed by atoms with E-state index in [9.17, 15) is 13.2 Å². The highest BCUT2D eigenvalue weighted by Crippen LogP contribution is 2.28. The molecule has 0 unspecified atom stereocenters. The van der Waals surface area contributed by atoms with E-state index < -0.39 is 10.0 Å². The summed E-state index contributed by atoms with van der Waals surface area (Å²) in [5.41, 5.74) is 2.12. The highest BCUT2D eigenvalue weighted by atomic mass is 32.2. The van der Waals surface area contributed by atoms with E-state index in [2.05, 4.69) is 20.2 Å². The van der Waals surface area contributed by atoms with Crippen molar-refractivity contribution in [1.29, 1.82) is 0 Å². The van der Waals surface area contributed by atoms with Crippen molar-refractivity contribution in [3.05, 3.63) is 60.2 Å². The maximum Gasteiger partial charge on any atom is 0.259 e. The fourth-order valence-electron chi connectivity index (χ4n) is 2.39. The minimum atomic E-state index is -3.45. The van der Waals surface area contributed by atoms with Crippen LogP contribution in [0.2, 0.25) is 0 Å². The van der Waals surface area contributed by atoms with Crippen molar-refractivity contribution in [1.82, 2.24) is 10.2 Å². The maximum absolute atomic E-state index is 12.7. The summed E-state index contributed by atoms with van der Waals surface area (Å²) >= 11 is 0.935. The van der Waals surface area contributed by atoms with Gasteiger partial charge < -0.3 is 4.90 Å². The Morgan fingerprint density at radius 1 is 1.00 bits per heavy atom. The van der Waals surface area contributed by atoms with Crippen molar-refractivity contribution in [3.8, 4) is 0 Å². The van der Waals surface area contributed by atoms with Crippen LogP contribution >= 0.6 is 11.3 Å². The Labute approximate surface area is 160 Å². The van der Waals surface area contributed by atoms with Gasteiger partial charge in [0, 0.05) is 12.7 Å². The van der Waals surface area contributed by atoms with Crippen LogP contribution in [0.15, 0.2) is 54.6 Å². The normalized spacial score (nSPS) is 11.0. The molecule has 0 bridgehead atoms. The monoisotopic (exact) mass is 403 g/mol. The van der Waals surface area contributed by atoms with Crippen molar-refractivity contribution < 1.29 is 13.2 Å². The SMILES string of the molecule is CN(c1ccccc1)c1ccccc1C(=O)Nc1nnc(NS(C)(=O)=O)s1. The smallest absolute Gasteiger partial charge is 0.259 e. The number of aromatic nitrogens is 2. The lowest BCUT2D eigenvalue weighted by molar-refractivity contribution is 0.102. The molecule has 1 amide bonds. The van der Waals surface area contributed by atoms with E-state index >= 15 is 0 Å². The van der Waals surface area contributed by atoms with Gasteiger partial charge in [-0.15, -0.1) is 10.2 Å². The summed E-state index contributed by atoms with van der Waals surface area (Å²) in [6.07, 6.45) is 1.02. The molecule has 0 spiro atoms.